The van der Waals surface area contributed by atoms with Crippen LogP contribution in [0.2, 0.25) is 0 Å². The van der Waals surface area contributed by atoms with E-state index in [-0.39, 0.29) is 5.91 Å². The smallest absolute Gasteiger partial charge is 0.260 e. The van der Waals surface area contributed by atoms with Gasteiger partial charge in [-0.05, 0) is 50.5 Å². The van der Waals surface area contributed by atoms with E-state index < -0.39 is 6.10 Å². The predicted octanol–water partition coefficient (Wildman–Crippen LogP) is 4.55. The van der Waals surface area contributed by atoms with Crippen molar-refractivity contribution in [1.82, 2.24) is 10.3 Å². The minimum absolute atomic E-state index is 0.105. The van der Waals surface area contributed by atoms with Gasteiger partial charge in [0.05, 0.1) is 10.7 Å². The first kappa shape index (κ1) is 19.1. The van der Waals surface area contributed by atoms with Crippen LogP contribution in [0.3, 0.4) is 0 Å². The molecule has 3 rings (SSSR count). The first-order chi connectivity index (χ1) is 13.0. The number of carbonyl (C=O) groups is 1. The van der Waals surface area contributed by atoms with Gasteiger partial charge in [-0.15, -0.1) is 11.3 Å². The van der Waals surface area contributed by atoms with Crippen molar-refractivity contribution in [3.63, 3.8) is 0 Å². The molecule has 0 aliphatic rings. The summed E-state index contributed by atoms with van der Waals surface area (Å²) in [6.45, 7) is 6.35. The van der Waals surface area contributed by atoms with Gasteiger partial charge in [-0.1, -0.05) is 36.4 Å². The van der Waals surface area contributed by atoms with E-state index in [1.165, 1.54) is 5.56 Å². The first-order valence-corrected chi connectivity index (χ1v) is 9.92. The van der Waals surface area contributed by atoms with Crippen molar-refractivity contribution in [3.8, 4) is 17.0 Å². The third kappa shape index (κ3) is 5.41. The summed E-state index contributed by atoms with van der Waals surface area (Å²) >= 11 is 1.65. The SMILES string of the molecule is Cc1cccc(OC(C)C(=O)NCCc2ccc(-c3csc(C)n3)cc2)c1. The summed E-state index contributed by atoms with van der Waals surface area (Å²) in [6, 6.07) is 16.0. The van der Waals surface area contributed by atoms with E-state index >= 15 is 0 Å². The van der Waals surface area contributed by atoms with Gasteiger partial charge in [-0.25, -0.2) is 4.98 Å². The lowest BCUT2D eigenvalue weighted by Gasteiger charge is -2.15. The van der Waals surface area contributed by atoms with Gasteiger partial charge in [0.1, 0.15) is 5.75 Å². The van der Waals surface area contributed by atoms with Crippen molar-refractivity contribution >= 4 is 17.2 Å². The molecular formula is C22H24N2O2S. The second-order valence-corrected chi connectivity index (χ2v) is 7.63. The quantitative estimate of drug-likeness (QED) is 0.654. The van der Waals surface area contributed by atoms with Crippen molar-refractivity contribution < 1.29 is 9.53 Å². The lowest BCUT2D eigenvalue weighted by molar-refractivity contribution is -0.127. The first-order valence-electron chi connectivity index (χ1n) is 9.04. The van der Waals surface area contributed by atoms with Crippen LogP contribution in [-0.2, 0) is 11.2 Å². The molecule has 0 radical (unpaired) electrons. The van der Waals surface area contributed by atoms with Crippen LogP contribution in [0.25, 0.3) is 11.3 Å². The summed E-state index contributed by atoms with van der Waals surface area (Å²) < 4.78 is 5.71. The molecule has 4 nitrogen and oxygen atoms in total. The largest absolute Gasteiger partial charge is 0.481 e. The second-order valence-electron chi connectivity index (χ2n) is 6.57. The minimum atomic E-state index is -0.526. The summed E-state index contributed by atoms with van der Waals surface area (Å²) in [5, 5.41) is 6.08. The number of aromatic nitrogens is 1. The zero-order valence-electron chi connectivity index (χ0n) is 15.9. The Morgan fingerprint density at radius 2 is 1.96 bits per heavy atom. The average molecular weight is 381 g/mol. The molecule has 1 amide bonds. The van der Waals surface area contributed by atoms with Crippen LogP contribution in [0.4, 0.5) is 0 Å². The molecule has 0 aliphatic heterocycles. The molecule has 0 saturated heterocycles. The molecular weight excluding hydrogens is 356 g/mol. The van der Waals surface area contributed by atoms with E-state index in [1.54, 1.807) is 18.3 Å². The van der Waals surface area contributed by atoms with E-state index in [9.17, 15) is 4.79 Å². The molecule has 1 heterocycles. The zero-order chi connectivity index (χ0) is 19.2. The van der Waals surface area contributed by atoms with Gasteiger partial charge in [0.25, 0.3) is 5.91 Å². The fourth-order valence-electron chi connectivity index (χ4n) is 2.76. The van der Waals surface area contributed by atoms with Gasteiger partial charge in [-0.3, -0.25) is 4.79 Å². The van der Waals surface area contributed by atoms with Gasteiger partial charge < -0.3 is 10.1 Å². The Morgan fingerprint density at radius 1 is 1.19 bits per heavy atom. The lowest BCUT2D eigenvalue weighted by atomic mass is 10.1. The fraction of sp³-hybridized carbons (Fsp3) is 0.273. The Kier molecular flexibility index (Phi) is 6.24. The van der Waals surface area contributed by atoms with E-state index in [0.29, 0.717) is 12.3 Å². The molecule has 140 valence electrons. The molecule has 2 aromatic carbocycles. The molecule has 0 bridgehead atoms. The van der Waals surface area contributed by atoms with Crippen LogP contribution in [0.15, 0.2) is 53.9 Å². The van der Waals surface area contributed by atoms with Gasteiger partial charge >= 0.3 is 0 Å². The van der Waals surface area contributed by atoms with Crippen LogP contribution in [0.5, 0.6) is 5.75 Å². The molecule has 27 heavy (non-hydrogen) atoms. The topological polar surface area (TPSA) is 51.2 Å². The van der Waals surface area contributed by atoms with Crippen molar-refractivity contribution in [3.05, 3.63) is 70.0 Å². The molecule has 1 aromatic heterocycles. The number of benzene rings is 2. The number of ether oxygens (including phenoxy) is 1. The number of nitrogens with zero attached hydrogens (tertiary/aromatic N) is 1. The van der Waals surface area contributed by atoms with Crippen LogP contribution in [0, 0.1) is 13.8 Å². The minimum Gasteiger partial charge on any atom is -0.481 e. The molecule has 0 spiro atoms. The summed E-state index contributed by atoms with van der Waals surface area (Å²) in [7, 11) is 0. The van der Waals surface area contributed by atoms with Gasteiger partial charge in [0.15, 0.2) is 6.10 Å². The Bertz CT molecular complexity index is 903. The van der Waals surface area contributed by atoms with E-state index in [4.69, 9.17) is 4.74 Å². The number of carbonyl (C=O) groups excluding carboxylic acids is 1. The van der Waals surface area contributed by atoms with Crippen molar-refractivity contribution in [2.45, 2.75) is 33.3 Å². The van der Waals surface area contributed by atoms with Crippen molar-refractivity contribution in [2.24, 2.45) is 0 Å². The normalized spacial score (nSPS) is 11.8. The number of nitrogens with one attached hydrogen (secondary N) is 1. The highest BCUT2D eigenvalue weighted by Crippen LogP contribution is 2.21. The molecule has 5 heteroatoms. The van der Waals surface area contributed by atoms with Gasteiger partial charge in [0, 0.05) is 17.5 Å². The van der Waals surface area contributed by atoms with E-state index in [2.05, 4.69) is 39.9 Å². The maximum atomic E-state index is 12.2. The predicted molar refractivity (Wildman–Crippen MR) is 110 cm³/mol. The van der Waals surface area contributed by atoms with Crippen LogP contribution < -0.4 is 10.1 Å². The lowest BCUT2D eigenvalue weighted by Crippen LogP contribution is -2.37. The Hall–Kier alpha value is -2.66. The highest BCUT2D eigenvalue weighted by molar-refractivity contribution is 7.09. The molecule has 3 aromatic rings. The summed E-state index contributed by atoms with van der Waals surface area (Å²) in [6.07, 6.45) is 0.251. The van der Waals surface area contributed by atoms with Crippen LogP contribution >= 0.6 is 11.3 Å². The maximum absolute atomic E-state index is 12.2. The van der Waals surface area contributed by atoms with E-state index in [0.717, 1.165) is 28.2 Å². The molecule has 1 atom stereocenters. The standard InChI is InChI=1S/C22H24N2O2S/c1-15-5-4-6-20(13-15)26-16(2)22(25)23-12-11-18-7-9-19(10-8-18)21-14-27-17(3)24-21/h4-10,13-14,16H,11-12H2,1-3H3,(H,23,25). The Labute approximate surface area is 164 Å². The fourth-order valence-corrected chi connectivity index (χ4v) is 3.38. The third-order valence-electron chi connectivity index (χ3n) is 4.25. The van der Waals surface area contributed by atoms with Crippen molar-refractivity contribution in [2.75, 3.05) is 6.54 Å². The van der Waals surface area contributed by atoms with Crippen LogP contribution in [-0.4, -0.2) is 23.5 Å². The van der Waals surface area contributed by atoms with Gasteiger partial charge in [0.2, 0.25) is 0 Å². The Morgan fingerprint density at radius 3 is 2.63 bits per heavy atom. The molecule has 0 fully saturated rings. The number of hydrogen-bond donors (Lipinski definition) is 1. The van der Waals surface area contributed by atoms with Crippen molar-refractivity contribution in [1.29, 1.82) is 0 Å². The molecule has 1 N–H and O–H groups in total. The number of rotatable bonds is 7. The number of hydrogen-bond acceptors (Lipinski definition) is 4. The summed E-state index contributed by atoms with van der Waals surface area (Å²) in [4.78, 5) is 16.7. The number of amides is 1. The molecule has 0 saturated carbocycles. The van der Waals surface area contributed by atoms with E-state index in [1.807, 2.05) is 38.1 Å². The Balaban J connectivity index is 1.46. The zero-order valence-corrected chi connectivity index (χ0v) is 16.7. The monoisotopic (exact) mass is 380 g/mol. The maximum Gasteiger partial charge on any atom is 0.260 e. The summed E-state index contributed by atoms with van der Waals surface area (Å²) in [5.41, 5.74) is 4.42. The highest BCUT2D eigenvalue weighted by atomic mass is 32.1. The van der Waals surface area contributed by atoms with Gasteiger partial charge in [-0.2, -0.15) is 0 Å². The molecule has 0 aliphatic carbocycles. The second kappa shape index (κ2) is 8.82. The van der Waals surface area contributed by atoms with Crippen LogP contribution in [0.1, 0.15) is 23.1 Å². The number of aryl methyl sites for hydroxylation is 2. The number of thiazole rings is 1. The third-order valence-corrected chi connectivity index (χ3v) is 5.03. The highest BCUT2D eigenvalue weighted by Gasteiger charge is 2.14. The average Bonchev–Trinajstić information content (AvgIpc) is 3.08. The molecule has 1 unspecified atom stereocenters. The summed E-state index contributed by atoms with van der Waals surface area (Å²) in [5.74, 6) is 0.608.